The molecule has 0 N–H and O–H groups in total. The summed E-state index contributed by atoms with van der Waals surface area (Å²) in [7, 11) is 1.76. The van der Waals surface area contributed by atoms with Crippen LogP contribution in [0.1, 0.15) is 74.5 Å². The van der Waals surface area contributed by atoms with Crippen LogP contribution in [0.25, 0.3) is 0 Å². The van der Waals surface area contributed by atoms with Gasteiger partial charge >= 0.3 is 0 Å². The number of anilines is 1. The van der Waals surface area contributed by atoms with Gasteiger partial charge in [0.1, 0.15) is 5.82 Å². The summed E-state index contributed by atoms with van der Waals surface area (Å²) in [5, 5.41) is 0. The lowest BCUT2D eigenvalue weighted by Crippen LogP contribution is -2.46. The van der Waals surface area contributed by atoms with E-state index in [1.54, 1.807) is 16.8 Å². The lowest BCUT2D eigenvalue weighted by molar-refractivity contribution is -0.142. The molecular weight excluding hydrogens is 382 g/mol. The van der Waals surface area contributed by atoms with Crippen molar-refractivity contribution >= 4 is 23.5 Å². The Balaban J connectivity index is 1.58. The van der Waals surface area contributed by atoms with Crippen LogP contribution in [0.2, 0.25) is 0 Å². The third-order valence-corrected chi connectivity index (χ3v) is 6.61. The number of amides is 3. The average molecular weight is 414 g/mol. The van der Waals surface area contributed by atoms with Crippen molar-refractivity contribution < 1.29 is 14.4 Å². The maximum absolute atomic E-state index is 13.2. The molecule has 3 amide bonds. The van der Waals surface area contributed by atoms with Crippen molar-refractivity contribution in [3.05, 3.63) is 17.1 Å². The van der Waals surface area contributed by atoms with Gasteiger partial charge < -0.3 is 9.80 Å². The van der Waals surface area contributed by atoms with Crippen molar-refractivity contribution in [1.82, 2.24) is 19.8 Å². The molecule has 30 heavy (non-hydrogen) atoms. The highest BCUT2D eigenvalue weighted by Crippen LogP contribution is 2.33. The maximum Gasteiger partial charge on any atom is 0.242 e. The summed E-state index contributed by atoms with van der Waals surface area (Å²) >= 11 is 0. The molecule has 162 valence electrons. The van der Waals surface area contributed by atoms with Crippen molar-refractivity contribution in [3.8, 4) is 0 Å². The predicted octanol–water partition coefficient (Wildman–Crippen LogP) is 2.15. The standard InChI is InChI=1S/C22H31N5O3/c1-15-16-10-11-18(28)25(2)22(16)24-21(23-15)17-8-5-7-13-27(17)20(30)14-26-12-6-3-4-9-19(26)29/h17H,3-14H2,1-2H3/t17-/m0/s1. The summed E-state index contributed by atoms with van der Waals surface area (Å²) in [6.07, 6.45) is 7.32. The molecule has 3 aliphatic rings. The Hall–Kier alpha value is -2.51. The van der Waals surface area contributed by atoms with Crippen LogP contribution in [0.15, 0.2) is 0 Å². The van der Waals surface area contributed by atoms with E-state index in [9.17, 15) is 14.4 Å². The molecule has 0 bridgehead atoms. The van der Waals surface area contributed by atoms with Crippen LogP contribution >= 0.6 is 0 Å². The number of hydrogen-bond donors (Lipinski definition) is 0. The molecule has 1 aromatic heterocycles. The number of aromatic nitrogens is 2. The van der Waals surface area contributed by atoms with Crippen LogP contribution in [0, 0.1) is 6.92 Å². The van der Waals surface area contributed by atoms with Crippen LogP contribution in [0.3, 0.4) is 0 Å². The van der Waals surface area contributed by atoms with Crippen LogP contribution in [0.4, 0.5) is 5.82 Å². The molecule has 8 nitrogen and oxygen atoms in total. The predicted molar refractivity (Wildman–Crippen MR) is 112 cm³/mol. The topological polar surface area (TPSA) is 86.7 Å². The number of nitrogens with zero attached hydrogens (tertiary/aromatic N) is 5. The summed E-state index contributed by atoms with van der Waals surface area (Å²) < 4.78 is 0. The quantitative estimate of drug-likeness (QED) is 0.758. The Morgan fingerprint density at radius 2 is 1.77 bits per heavy atom. The number of carbonyl (C=O) groups excluding carboxylic acids is 3. The zero-order chi connectivity index (χ0) is 21.3. The molecule has 0 spiro atoms. The van der Waals surface area contributed by atoms with E-state index in [1.165, 1.54) is 0 Å². The number of hydrogen-bond acceptors (Lipinski definition) is 5. The molecule has 4 rings (SSSR count). The highest BCUT2D eigenvalue weighted by Gasteiger charge is 2.34. The first-order valence-corrected chi connectivity index (χ1v) is 11.2. The third-order valence-electron chi connectivity index (χ3n) is 6.61. The zero-order valence-electron chi connectivity index (χ0n) is 18.0. The molecular formula is C22H31N5O3. The molecule has 1 aromatic rings. The molecule has 1 atom stereocenters. The van der Waals surface area contributed by atoms with E-state index >= 15 is 0 Å². The van der Waals surface area contributed by atoms with E-state index in [2.05, 4.69) is 0 Å². The van der Waals surface area contributed by atoms with E-state index in [-0.39, 0.29) is 30.3 Å². The molecule has 0 radical (unpaired) electrons. The van der Waals surface area contributed by atoms with Gasteiger partial charge in [0.2, 0.25) is 17.7 Å². The van der Waals surface area contributed by atoms with E-state index in [0.717, 1.165) is 49.8 Å². The van der Waals surface area contributed by atoms with E-state index in [0.29, 0.717) is 44.0 Å². The largest absolute Gasteiger partial charge is 0.333 e. The van der Waals surface area contributed by atoms with Gasteiger partial charge in [-0.25, -0.2) is 9.97 Å². The molecule has 3 aliphatic heterocycles. The van der Waals surface area contributed by atoms with Crippen LogP contribution < -0.4 is 4.90 Å². The summed E-state index contributed by atoms with van der Waals surface area (Å²) in [5.74, 6) is 1.40. The molecule has 0 unspecified atom stereocenters. The molecule has 2 saturated heterocycles. The number of fused-ring (bicyclic) bond motifs is 1. The van der Waals surface area contributed by atoms with Crippen molar-refractivity contribution in [2.75, 3.05) is 31.6 Å². The summed E-state index contributed by atoms with van der Waals surface area (Å²) in [6, 6.07) is -0.206. The lowest BCUT2D eigenvalue weighted by atomic mass is 9.99. The fourth-order valence-electron chi connectivity index (χ4n) is 4.80. The fraction of sp³-hybridized carbons (Fsp3) is 0.682. The number of piperidine rings is 1. The second-order valence-electron chi connectivity index (χ2n) is 8.65. The Morgan fingerprint density at radius 1 is 0.967 bits per heavy atom. The number of rotatable bonds is 3. The molecule has 4 heterocycles. The van der Waals surface area contributed by atoms with E-state index in [4.69, 9.17) is 9.97 Å². The first-order valence-electron chi connectivity index (χ1n) is 11.2. The van der Waals surface area contributed by atoms with Crippen LogP contribution in [0.5, 0.6) is 0 Å². The number of likely N-dealkylation sites (tertiary alicyclic amines) is 2. The summed E-state index contributed by atoms with van der Waals surface area (Å²) in [5.41, 5.74) is 1.90. The minimum Gasteiger partial charge on any atom is -0.333 e. The fourth-order valence-corrected chi connectivity index (χ4v) is 4.80. The van der Waals surface area contributed by atoms with Crippen molar-refractivity contribution in [1.29, 1.82) is 0 Å². The minimum absolute atomic E-state index is 0.0293. The van der Waals surface area contributed by atoms with E-state index in [1.807, 2.05) is 11.8 Å². The molecule has 2 fully saturated rings. The van der Waals surface area contributed by atoms with E-state index < -0.39 is 0 Å². The molecule has 0 aliphatic carbocycles. The van der Waals surface area contributed by atoms with Crippen molar-refractivity contribution in [3.63, 3.8) is 0 Å². The normalized spacial score (nSPS) is 22.7. The van der Waals surface area contributed by atoms with Crippen molar-refractivity contribution in [2.24, 2.45) is 0 Å². The highest BCUT2D eigenvalue weighted by molar-refractivity contribution is 5.94. The monoisotopic (exact) mass is 413 g/mol. The van der Waals surface area contributed by atoms with Gasteiger partial charge in [0.15, 0.2) is 5.82 Å². The lowest BCUT2D eigenvalue weighted by Gasteiger charge is -2.37. The zero-order valence-corrected chi connectivity index (χ0v) is 18.0. The van der Waals surface area contributed by atoms with Gasteiger partial charge in [-0.3, -0.25) is 19.3 Å². The first kappa shape index (κ1) is 20.8. The van der Waals surface area contributed by atoms with Crippen molar-refractivity contribution in [2.45, 2.75) is 70.8 Å². The average Bonchev–Trinajstić information content (AvgIpc) is 2.95. The summed E-state index contributed by atoms with van der Waals surface area (Å²) in [4.78, 5) is 52.4. The Labute approximate surface area is 177 Å². The molecule has 0 saturated carbocycles. The van der Waals surface area contributed by atoms with Crippen LogP contribution in [-0.4, -0.2) is 64.2 Å². The Bertz CT molecular complexity index is 855. The second-order valence-corrected chi connectivity index (χ2v) is 8.65. The van der Waals surface area contributed by atoms with Gasteiger partial charge in [0.25, 0.3) is 0 Å². The smallest absolute Gasteiger partial charge is 0.242 e. The summed E-state index contributed by atoms with van der Waals surface area (Å²) in [6.45, 7) is 3.40. The van der Waals surface area contributed by atoms with Gasteiger partial charge in [0, 0.05) is 44.2 Å². The SMILES string of the molecule is Cc1nc([C@@H]2CCCCN2C(=O)CN2CCCCCC2=O)nc2c1CCC(=O)N2C. The van der Waals surface area contributed by atoms with Gasteiger partial charge in [-0.1, -0.05) is 6.42 Å². The Kier molecular flexibility index (Phi) is 6.01. The maximum atomic E-state index is 13.2. The first-order chi connectivity index (χ1) is 14.5. The second kappa shape index (κ2) is 8.70. The third kappa shape index (κ3) is 4.04. The highest BCUT2D eigenvalue weighted by atomic mass is 16.2. The minimum atomic E-state index is -0.206. The van der Waals surface area contributed by atoms with Crippen LogP contribution in [-0.2, 0) is 20.8 Å². The number of aryl methyl sites for hydroxylation is 1. The van der Waals surface area contributed by atoms with Gasteiger partial charge in [-0.15, -0.1) is 0 Å². The van der Waals surface area contributed by atoms with Gasteiger partial charge in [-0.05, 0) is 45.4 Å². The molecule has 8 heteroatoms. The van der Waals surface area contributed by atoms with Gasteiger partial charge in [0.05, 0.1) is 12.6 Å². The number of carbonyl (C=O) groups is 3. The molecule has 0 aromatic carbocycles. The van der Waals surface area contributed by atoms with Gasteiger partial charge in [-0.2, -0.15) is 0 Å². The Morgan fingerprint density at radius 3 is 2.60 bits per heavy atom.